The number of carbonyl (C=O) groups excluding carboxylic acids is 1. The Bertz CT molecular complexity index is 1580. The van der Waals surface area contributed by atoms with Crippen molar-refractivity contribution in [2.75, 3.05) is 5.32 Å². The van der Waals surface area contributed by atoms with Crippen LogP contribution >= 0.6 is 0 Å². The summed E-state index contributed by atoms with van der Waals surface area (Å²) >= 11 is 0. The average molecular weight is 438 g/mol. The number of H-pyrrole nitrogens is 1. The first-order valence-electron chi connectivity index (χ1n) is 10.2. The van der Waals surface area contributed by atoms with Crippen molar-refractivity contribution < 1.29 is 14.7 Å². The van der Waals surface area contributed by atoms with Crippen molar-refractivity contribution in [3.8, 4) is 5.69 Å². The van der Waals surface area contributed by atoms with Crippen LogP contribution in [-0.4, -0.2) is 31.7 Å². The predicted molar refractivity (Wildman–Crippen MR) is 125 cm³/mol. The van der Waals surface area contributed by atoms with E-state index in [0.717, 1.165) is 10.9 Å². The highest BCUT2D eigenvalue weighted by molar-refractivity contribution is 6.02. The highest BCUT2D eigenvalue weighted by Crippen LogP contribution is 2.21. The van der Waals surface area contributed by atoms with Gasteiger partial charge in [0.15, 0.2) is 0 Å². The fourth-order valence-corrected chi connectivity index (χ4v) is 3.84. The summed E-state index contributed by atoms with van der Waals surface area (Å²) in [5, 5.41) is 16.5. The number of aromatic amines is 1. The van der Waals surface area contributed by atoms with Gasteiger partial charge in [-0.25, -0.2) is 9.48 Å². The van der Waals surface area contributed by atoms with Gasteiger partial charge in [0.25, 0.3) is 5.56 Å². The lowest BCUT2D eigenvalue weighted by atomic mass is 10.0. The molecule has 2 heterocycles. The number of anilines is 1. The maximum atomic E-state index is 12.9. The minimum atomic E-state index is -1.07. The molecular weight excluding hydrogens is 420 g/mol. The fraction of sp³-hybridized carbons (Fsp3) is 0.0400. The maximum absolute atomic E-state index is 12.9. The van der Waals surface area contributed by atoms with Gasteiger partial charge in [-0.3, -0.25) is 19.7 Å². The molecule has 0 bridgehead atoms. The summed E-state index contributed by atoms with van der Waals surface area (Å²) in [4.78, 5) is 41.0. The molecule has 0 unspecified atom stereocenters. The lowest BCUT2D eigenvalue weighted by Gasteiger charge is -2.08. The van der Waals surface area contributed by atoms with Gasteiger partial charge in [-0.05, 0) is 42.0 Å². The number of pyridine rings is 1. The van der Waals surface area contributed by atoms with Gasteiger partial charge >= 0.3 is 5.97 Å². The lowest BCUT2D eigenvalue weighted by molar-refractivity contribution is -0.115. The molecule has 0 atom stereocenters. The summed E-state index contributed by atoms with van der Waals surface area (Å²) in [5.41, 5.74) is 2.96. The zero-order valence-electron chi connectivity index (χ0n) is 17.3. The van der Waals surface area contributed by atoms with E-state index in [1.165, 1.54) is 10.7 Å². The molecule has 8 nitrogen and oxygen atoms in total. The number of carbonyl (C=O) groups is 2. The summed E-state index contributed by atoms with van der Waals surface area (Å²) in [6.45, 7) is 0. The molecule has 0 aliphatic heterocycles. The predicted octanol–water partition coefficient (Wildman–Crippen LogP) is 3.75. The molecule has 5 rings (SSSR count). The van der Waals surface area contributed by atoms with Crippen molar-refractivity contribution in [3.05, 3.63) is 100 Å². The van der Waals surface area contributed by atoms with Gasteiger partial charge in [0, 0.05) is 17.3 Å². The van der Waals surface area contributed by atoms with E-state index in [0.29, 0.717) is 27.8 Å². The largest absolute Gasteiger partial charge is 0.478 e. The molecule has 0 aliphatic rings. The van der Waals surface area contributed by atoms with Crippen LogP contribution in [0.25, 0.3) is 27.5 Å². The number of carboxylic acids is 1. The molecule has 33 heavy (non-hydrogen) atoms. The number of rotatable bonds is 5. The Hall–Kier alpha value is -4.72. The van der Waals surface area contributed by atoms with Crippen LogP contribution in [0.2, 0.25) is 0 Å². The topological polar surface area (TPSA) is 117 Å². The van der Waals surface area contributed by atoms with Crippen molar-refractivity contribution in [1.82, 2.24) is 14.8 Å². The fourth-order valence-electron chi connectivity index (χ4n) is 3.84. The highest BCUT2D eigenvalue weighted by Gasteiger charge is 2.14. The van der Waals surface area contributed by atoms with E-state index in [9.17, 15) is 19.5 Å². The van der Waals surface area contributed by atoms with Gasteiger partial charge in [0.2, 0.25) is 5.91 Å². The Labute approximate surface area is 187 Å². The van der Waals surface area contributed by atoms with Crippen LogP contribution in [0.5, 0.6) is 0 Å². The third-order valence-corrected chi connectivity index (χ3v) is 5.44. The van der Waals surface area contributed by atoms with Crippen LogP contribution in [-0.2, 0) is 11.2 Å². The summed E-state index contributed by atoms with van der Waals surface area (Å²) in [6.07, 6.45) is 1.50. The molecule has 0 radical (unpaired) electrons. The van der Waals surface area contributed by atoms with E-state index in [1.54, 1.807) is 48.7 Å². The van der Waals surface area contributed by atoms with Gasteiger partial charge in [-0.1, -0.05) is 36.4 Å². The van der Waals surface area contributed by atoms with E-state index < -0.39 is 5.97 Å². The third kappa shape index (κ3) is 3.74. The van der Waals surface area contributed by atoms with Gasteiger partial charge in [-0.15, -0.1) is 0 Å². The Kier molecular flexibility index (Phi) is 4.95. The Morgan fingerprint density at radius 1 is 0.939 bits per heavy atom. The zero-order chi connectivity index (χ0) is 22.9. The molecule has 5 aromatic rings. The molecular formula is C25H18N4O4. The smallest absolute Gasteiger partial charge is 0.335 e. The molecule has 3 aromatic carbocycles. The third-order valence-electron chi connectivity index (χ3n) is 5.44. The van der Waals surface area contributed by atoms with Crippen LogP contribution in [0.1, 0.15) is 15.9 Å². The highest BCUT2D eigenvalue weighted by atomic mass is 16.4. The Morgan fingerprint density at radius 2 is 1.67 bits per heavy atom. The second-order valence-electron chi connectivity index (χ2n) is 7.55. The first kappa shape index (κ1) is 20.2. The van der Waals surface area contributed by atoms with Gasteiger partial charge < -0.3 is 10.4 Å². The molecule has 2 aromatic heterocycles. The molecule has 0 fully saturated rings. The van der Waals surface area contributed by atoms with Crippen LogP contribution in [0.15, 0.2) is 83.8 Å². The summed E-state index contributed by atoms with van der Waals surface area (Å²) in [7, 11) is 0. The monoisotopic (exact) mass is 438 g/mol. The van der Waals surface area contributed by atoms with E-state index in [2.05, 4.69) is 15.4 Å². The second kappa shape index (κ2) is 8.08. The molecule has 0 aliphatic carbocycles. The van der Waals surface area contributed by atoms with Crippen molar-refractivity contribution in [1.29, 1.82) is 0 Å². The number of amides is 1. The molecule has 0 spiro atoms. The van der Waals surface area contributed by atoms with Crippen molar-refractivity contribution >= 4 is 39.4 Å². The Morgan fingerprint density at radius 3 is 2.45 bits per heavy atom. The van der Waals surface area contributed by atoms with E-state index >= 15 is 0 Å². The first-order valence-corrected chi connectivity index (χ1v) is 10.2. The molecule has 0 saturated heterocycles. The number of hydrogen-bond acceptors (Lipinski definition) is 4. The second-order valence-corrected chi connectivity index (χ2v) is 7.55. The van der Waals surface area contributed by atoms with Crippen molar-refractivity contribution in [2.24, 2.45) is 0 Å². The Balaban J connectivity index is 1.39. The van der Waals surface area contributed by atoms with Crippen molar-refractivity contribution in [3.63, 3.8) is 0 Å². The summed E-state index contributed by atoms with van der Waals surface area (Å²) in [5.74, 6) is -1.41. The van der Waals surface area contributed by atoms with E-state index in [-0.39, 0.29) is 23.5 Å². The number of nitrogens with zero attached hydrogens (tertiary/aromatic N) is 2. The van der Waals surface area contributed by atoms with Crippen LogP contribution in [0.4, 0.5) is 5.69 Å². The zero-order valence-corrected chi connectivity index (χ0v) is 17.3. The SMILES string of the molecule is O=C(Cc1ccccc1C(=O)O)Nc1ccc(-n2[nH]c3c(cnc4ccccc43)c2=O)cc1. The molecule has 8 heteroatoms. The van der Waals surface area contributed by atoms with Crippen LogP contribution < -0.4 is 10.9 Å². The number of fused-ring (bicyclic) bond motifs is 3. The minimum Gasteiger partial charge on any atom is -0.478 e. The molecule has 0 saturated carbocycles. The molecule has 162 valence electrons. The first-order chi connectivity index (χ1) is 16.0. The number of aromatic carboxylic acids is 1. The number of hydrogen-bond donors (Lipinski definition) is 3. The van der Waals surface area contributed by atoms with Gasteiger partial charge in [0.1, 0.15) is 0 Å². The quantitative estimate of drug-likeness (QED) is 0.386. The van der Waals surface area contributed by atoms with E-state index in [4.69, 9.17) is 0 Å². The summed E-state index contributed by atoms with van der Waals surface area (Å²) < 4.78 is 1.44. The van der Waals surface area contributed by atoms with Crippen molar-refractivity contribution in [2.45, 2.75) is 6.42 Å². The number of benzene rings is 3. The van der Waals surface area contributed by atoms with Gasteiger partial charge in [-0.2, -0.15) is 0 Å². The number of nitrogens with one attached hydrogen (secondary N) is 2. The number of para-hydroxylation sites is 1. The van der Waals surface area contributed by atoms with Crippen LogP contribution in [0, 0.1) is 0 Å². The van der Waals surface area contributed by atoms with E-state index in [1.807, 2.05) is 24.3 Å². The number of carboxylic acid groups (broad SMARTS) is 1. The number of aromatic nitrogens is 3. The normalized spacial score (nSPS) is 11.0. The summed E-state index contributed by atoms with van der Waals surface area (Å²) in [6, 6.07) is 20.8. The van der Waals surface area contributed by atoms with Gasteiger partial charge in [0.05, 0.1) is 34.1 Å². The average Bonchev–Trinajstić information content (AvgIpc) is 3.16. The lowest BCUT2D eigenvalue weighted by Crippen LogP contribution is -2.17. The standard InChI is InChI=1S/C25H18N4O4/c30-22(13-15-5-1-2-6-18(15)25(32)33)27-16-9-11-17(12-10-16)29-24(31)20-14-26-21-8-4-3-7-19(21)23(20)28-29/h1-12,14,28H,13H2,(H,27,30)(H,32,33). The minimum absolute atomic E-state index is 0.0637. The molecule has 3 N–H and O–H groups in total. The molecule has 1 amide bonds. The van der Waals surface area contributed by atoms with Crippen LogP contribution in [0.3, 0.4) is 0 Å². The maximum Gasteiger partial charge on any atom is 0.335 e.